The Morgan fingerprint density at radius 3 is 2.87 bits per heavy atom. The van der Waals surface area contributed by atoms with Crippen LogP contribution in [0.15, 0.2) is 16.6 Å². The molecule has 2 N–H and O–H groups in total. The van der Waals surface area contributed by atoms with Gasteiger partial charge in [0.1, 0.15) is 0 Å². The summed E-state index contributed by atoms with van der Waals surface area (Å²) in [7, 11) is 0. The molecule has 1 aromatic carbocycles. The Labute approximate surface area is 102 Å². The highest BCUT2D eigenvalue weighted by Crippen LogP contribution is 2.28. The molecule has 1 rings (SSSR count). The number of hydrogen-bond donors (Lipinski definition) is 2. The Morgan fingerprint density at radius 2 is 2.27 bits per heavy atom. The molecule has 0 aromatic heterocycles. The monoisotopic (exact) mass is 291 g/mol. The average molecular weight is 293 g/mol. The van der Waals surface area contributed by atoms with Gasteiger partial charge in [0.2, 0.25) is 0 Å². The molecule has 0 fully saturated rings. The fourth-order valence-electron chi connectivity index (χ4n) is 1.27. The minimum Gasteiger partial charge on any atom is -0.465 e. The van der Waals surface area contributed by atoms with Crippen LogP contribution in [0.4, 0.5) is 4.79 Å². The standard InChI is InChI=1S/C10H11BrClNO2/c1-6-7(4-5-13-10(14)15)2-3-8(11)9(6)12/h2-3,13H,4-5H2,1H3,(H,14,15). The highest BCUT2D eigenvalue weighted by Gasteiger charge is 2.06. The lowest BCUT2D eigenvalue weighted by Gasteiger charge is -2.08. The van der Waals surface area contributed by atoms with E-state index in [9.17, 15) is 4.79 Å². The molecule has 1 aromatic rings. The van der Waals surface area contributed by atoms with Crippen LogP contribution < -0.4 is 5.32 Å². The van der Waals surface area contributed by atoms with Crippen LogP contribution in [-0.2, 0) is 6.42 Å². The second-order valence-electron chi connectivity index (χ2n) is 3.13. The fraction of sp³-hybridized carbons (Fsp3) is 0.300. The summed E-state index contributed by atoms with van der Waals surface area (Å²) in [6.07, 6.45) is -0.360. The number of benzene rings is 1. The van der Waals surface area contributed by atoms with Gasteiger partial charge in [-0.2, -0.15) is 0 Å². The third kappa shape index (κ3) is 3.39. The molecular weight excluding hydrogens is 281 g/mol. The third-order valence-corrected chi connectivity index (χ3v) is 3.50. The number of halogens is 2. The summed E-state index contributed by atoms with van der Waals surface area (Å²) in [6, 6.07) is 3.81. The molecule has 0 aliphatic heterocycles. The Balaban J connectivity index is 2.70. The smallest absolute Gasteiger partial charge is 0.404 e. The van der Waals surface area contributed by atoms with Crippen molar-refractivity contribution in [3.05, 3.63) is 32.8 Å². The normalized spacial score (nSPS) is 10.1. The first-order valence-corrected chi connectivity index (χ1v) is 5.59. The number of carbonyl (C=O) groups is 1. The topological polar surface area (TPSA) is 49.3 Å². The zero-order valence-electron chi connectivity index (χ0n) is 8.18. The van der Waals surface area contributed by atoms with Crippen molar-refractivity contribution in [3.63, 3.8) is 0 Å². The second-order valence-corrected chi connectivity index (χ2v) is 4.36. The average Bonchev–Trinajstić information content (AvgIpc) is 2.18. The Hall–Kier alpha value is -0.740. The van der Waals surface area contributed by atoms with E-state index in [1.165, 1.54) is 0 Å². The van der Waals surface area contributed by atoms with Gasteiger partial charge in [0.15, 0.2) is 0 Å². The van der Waals surface area contributed by atoms with Gasteiger partial charge in [-0.3, -0.25) is 0 Å². The summed E-state index contributed by atoms with van der Waals surface area (Å²) < 4.78 is 0.858. The van der Waals surface area contributed by atoms with Crippen LogP contribution in [0.25, 0.3) is 0 Å². The minimum atomic E-state index is -1.00. The van der Waals surface area contributed by atoms with E-state index in [0.29, 0.717) is 18.0 Å². The van der Waals surface area contributed by atoms with Gasteiger partial charge in [0, 0.05) is 11.0 Å². The van der Waals surface area contributed by atoms with Crippen LogP contribution in [0.2, 0.25) is 5.02 Å². The van der Waals surface area contributed by atoms with Crippen LogP contribution >= 0.6 is 27.5 Å². The lowest BCUT2D eigenvalue weighted by Crippen LogP contribution is -2.23. The van der Waals surface area contributed by atoms with Crippen LogP contribution in [-0.4, -0.2) is 17.7 Å². The van der Waals surface area contributed by atoms with Gasteiger partial charge < -0.3 is 10.4 Å². The largest absolute Gasteiger partial charge is 0.465 e. The summed E-state index contributed by atoms with van der Waals surface area (Å²) in [5, 5.41) is 11.4. The lowest BCUT2D eigenvalue weighted by molar-refractivity contribution is 0.194. The van der Waals surface area contributed by atoms with Gasteiger partial charge in [-0.15, -0.1) is 0 Å². The van der Waals surface area contributed by atoms with Crippen LogP contribution in [0.1, 0.15) is 11.1 Å². The van der Waals surface area contributed by atoms with Gasteiger partial charge in [0.25, 0.3) is 0 Å². The van der Waals surface area contributed by atoms with Crippen molar-refractivity contribution in [2.24, 2.45) is 0 Å². The minimum absolute atomic E-state index is 0.397. The molecule has 82 valence electrons. The van der Waals surface area contributed by atoms with Crippen molar-refractivity contribution in [1.82, 2.24) is 5.32 Å². The molecule has 0 saturated heterocycles. The molecular formula is C10H11BrClNO2. The second kappa shape index (κ2) is 5.37. The maximum atomic E-state index is 10.3. The molecule has 0 unspecified atom stereocenters. The molecule has 0 bridgehead atoms. The van der Waals surface area contributed by atoms with E-state index in [1.807, 2.05) is 19.1 Å². The van der Waals surface area contributed by atoms with Crippen molar-refractivity contribution < 1.29 is 9.90 Å². The van der Waals surface area contributed by atoms with E-state index < -0.39 is 6.09 Å². The lowest BCUT2D eigenvalue weighted by atomic mass is 10.1. The van der Waals surface area contributed by atoms with Gasteiger partial charge in [-0.1, -0.05) is 17.7 Å². The van der Waals surface area contributed by atoms with E-state index in [1.54, 1.807) is 0 Å². The van der Waals surface area contributed by atoms with Crippen molar-refractivity contribution in [3.8, 4) is 0 Å². The maximum absolute atomic E-state index is 10.3. The number of hydrogen-bond acceptors (Lipinski definition) is 1. The zero-order chi connectivity index (χ0) is 11.4. The highest BCUT2D eigenvalue weighted by molar-refractivity contribution is 9.10. The van der Waals surface area contributed by atoms with Crippen LogP contribution in [0.3, 0.4) is 0 Å². The summed E-state index contributed by atoms with van der Waals surface area (Å²) >= 11 is 9.37. The predicted molar refractivity (Wildman–Crippen MR) is 63.6 cm³/mol. The fourth-order valence-corrected chi connectivity index (χ4v) is 1.88. The molecule has 0 saturated carbocycles. The van der Waals surface area contributed by atoms with Crippen molar-refractivity contribution >= 4 is 33.6 Å². The van der Waals surface area contributed by atoms with Gasteiger partial charge in [-0.05, 0) is 46.5 Å². The number of amides is 1. The first-order chi connectivity index (χ1) is 7.02. The van der Waals surface area contributed by atoms with Crippen LogP contribution in [0.5, 0.6) is 0 Å². The highest BCUT2D eigenvalue weighted by atomic mass is 79.9. The van der Waals surface area contributed by atoms with Gasteiger partial charge in [0.05, 0.1) is 5.02 Å². The zero-order valence-corrected chi connectivity index (χ0v) is 10.5. The maximum Gasteiger partial charge on any atom is 0.404 e. The Kier molecular flexibility index (Phi) is 4.42. The molecule has 5 heteroatoms. The summed E-state index contributed by atoms with van der Waals surface area (Å²) in [4.78, 5) is 10.3. The Morgan fingerprint density at radius 1 is 1.60 bits per heavy atom. The van der Waals surface area contributed by atoms with Crippen molar-refractivity contribution in [1.29, 1.82) is 0 Å². The molecule has 0 aliphatic rings. The van der Waals surface area contributed by atoms with E-state index >= 15 is 0 Å². The first kappa shape index (κ1) is 12.3. The summed E-state index contributed by atoms with van der Waals surface area (Å²) in [5.74, 6) is 0. The summed E-state index contributed by atoms with van der Waals surface area (Å²) in [5.41, 5.74) is 2.04. The van der Waals surface area contributed by atoms with Gasteiger partial charge in [-0.25, -0.2) is 4.79 Å². The summed E-state index contributed by atoms with van der Waals surface area (Å²) in [6.45, 7) is 2.32. The third-order valence-electron chi connectivity index (χ3n) is 2.12. The quantitative estimate of drug-likeness (QED) is 0.898. The molecule has 0 aliphatic carbocycles. The molecule has 0 atom stereocenters. The predicted octanol–water partition coefficient (Wildman–Crippen LogP) is 3.22. The van der Waals surface area contributed by atoms with Crippen LogP contribution in [0, 0.1) is 6.92 Å². The SMILES string of the molecule is Cc1c(CCNC(=O)O)ccc(Br)c1Cl. The Bertz CT molecular complexity index is 382. The molecule has 1 amide bonds. The number of carboxylic acid groups (broad SMARTS) is 1. The first-order valence-electron chi connectivity index (χ1n) is 4.42. The number of nitrogens with one attached hydrogen (secondary N) is 1. The number of rotatable bonds is 3. The molecule has 0 spiro atoms. The van der Waals surface area contributed by atoms with Crippen molar-refractivity contribution in [2.75, 3.05) is 6.54 Å². The molecule has 3 nitrogen and oxygen atoms in total. The van der Waals surface area contributed by atoms with E-state index in [4.69, 9.17) is 16.7 Å². The van der Waals surface area contributed by atoms with Gasteiger partial charge >= 0.3 is 6.09 Å². The molecule has 15 heavy (non-hydrogen) atoms. The molecule has 0 heterocycles. The van der Waals surface area contributed by atoms with Crippen molar-refractivity contribution in [2.45, 2.75) is 13.3 Å². The molecule has 0 radical (unpaired) electrons. The van der Waals surface area contributed by atoms with E-state index in [-0.39, 0.29) is 0 Å². The van der Waals surface area contributed by atoms with E-state index in [2.05, 4.69) is 21.2 Å². The van der Waals surface area contributed by atoms with E-state index in [0.717, 1.165) is 15.6 Å².